The largest absolute Gasteiger partial charge is 0.419 e. The summed E-state index contributed by atoms with van der Waals surface area (Å²) in [5.74, 6) is -0.852. The Morgan fingerprint density at radius 2 is 1.91 bits per heavy atom. The zero-order chi connectivity index (χ0) is 23.5. The highest BCUT2D eigenvalue weighted by molar-refractivity contribution is 7.89. The van der Waals surface area contributed by atoms with E-state index in [4.69, 9.17) is 4.42 Å². The van der Waals surface area contributed by atoms with E-state index in [1.54, 1.807) is 7.05 Å². The Morgan fingerprint density at radius 1 is 1.16 bits per heavy atom. The molecule has 3 aromatic rings. The van der Waals surface area contributed by atoms with E-state index in [-0.39, 0.29) is 22.3 Å². The van der Waals surface area contributed by atoms with Crippen molar-refractivity contribution in [3.05, 3.63) is 64.1 Å². The molecule has 0 bridgehead atoms. The number of amides is 1. The van der Waals surface area contributed by atoms with Gasteiger partial charge in [-0.1, -0.05) is 43.7 Å². The van der Waals surface area contributed by atoms with Gasteiger partial charge in [0.15, 0.2) is 5.58 Å². The molecule has 0 saturated heterocycles. The third-order valence-corrected chi connectivity index (χ3v) is 6.66. The number of benzene rings is 2. The first kappa shape index (κ1) is 23.7. The highest BCUT2D eigenvalue weighted by Crippen LogP contribution is 2.19. The minimum Gasteiger partial charge on any atom is -0.408 e. The quantitative estimate of drug-likeness (QED) is 0.511. The minimum absolute atomic E-state index is 0.0688. The van der Waals surface area contributed by atoms with Crippen molar-refractivity contribution >= 4 is 27.0 Å². The normalized spacial score (nSPS) is 12.9. The fourth-order valence-electron chi connectivity index (χ4n) is 3.54. The zero-order valence-electron chi connectivity index (χ0n) is 18.7. The monoisotopic (exact) mass is 459 g/mol. The van der Waals surface area contributed by atoms with Crippen LogP contribution in [-0.2, 0) is 28.3 Å². The number of nitrogens with one attached hydrogen (secondary N) is 2. The second-order valence-electron chi connectivity index (χ2n) is 8.39. The van der Waals surface area contributed by atoms with E-state index in [1.807, 2.05) is 39.0 Å². The van der Waals surface area contributed by atoms with Crippen LogP contribution in [-0.4, -0.2) is 31.5 Å². The summed E-state index contributed by atoms with van der Waals surface area (Å²) in [5, 5.41) is 2.84. The number of carbonyl (C=O) groups excluding carboxylic acids is 1. The molecule has 0 radical (unpaired) electrons. The number of carbonyl (C=O) groups is 1. The predicted molar refractivity (Wildman–Crippen MR) is 123 cm³/mol. The Kier molecular flexibility index (Phi) is 7.20. The maximum atomic E-state index is 13.0. The summed E-state index contributed by atoms with van der Waals surface area (Å²) < 4.78 is 34.9. The molecule has 3 rings (SSSR count). The summed E-state index contributed by atoms with van der Waals surface area (Å²) in [5.41, 5.74) is 2.90. The lowest BCUT2D eigenvalue weighted by atomic mass is 10.0. The van der Waals surface area contributed by atoms with Crippen LogP contribution in [0.1, 0.15) is 31.4 Å². The molecule has 1 heterocycles. The molecule has 8 nitrogen and oxygen atoms in total. The molecule has 0 spiro atoms. The van der Waals surface area contributed by atoms with Gasteiger partial charge in [-0.3, -0.25) is 9.36 Å². The number of aromatic nitrogens is 1. The highest BCUT2D eigenvalue weighted by Gasteiger charge is 2.27. The van der Waals surface area contributed by atoms with E-state index in [0.29, 0.717) is 24.9 Å². The first-order valence-corrected chi connectivity index (χ1v) is 12.0. The van der Waals surface area contributed by atoms with Crippen molar-refractivity contribution in [2.45, 2.75) is 44.6 Å². The Hall–Kier alpha value is -2.91. The van der Waals surface area contributed by atoms with Crippen LogP contribution in [0, 0.1) is 12.8 Å². The highest BCUT2D eigenvalue weighted by atomic mass is 32.2. The molecule has 9 heteroatoms. The number of oxazole rings is 1. The molecule has 1 amide bonds. The van der Waals surface area contributed by atoms with Crippen molar-refractivity contribution < 1.29 is 17.6 Å². The van der Waals surface area contributed by atoms with Crippen LogP contribution >= 0.6 is 0 Å². The van der Waals surface area contributed by atoms with E-state index < -0.39 is 21.8 Å². The van der Waals surface area contributed by atoms with Gasteiger partial charge >= 0.3 is 5.76 Å². The van der Waals surface area contributed by atoms with Crippen LogP contribution < -0.4 is 15.8 Å². The van der Waals surface area contributed by atoms with Crippen LogP contribution in [0.3, 0.4) is 0 Å². The Labute approximate surface area is 187 Å². The molecular formula is C23H29N3O5S. The number of nitrogens with zero attached hydrogens (tertiary/aromatic N) is 1. The van der Waals surface area contributed by atoms with Crippen LogP contribution in [0.25, 0.3) is 11.1 Å². The number of fused-ring (bicyclic) bond motifs is 1. The number of sulfonamides is 1. The molecule has 1 atom stereocenters. The molecule has 172 valence electrons. The number of rotatable bonds is 9. The molecule has 32 heavy (non-hydrogen) atoms. The Morgan fingerprint density at radius 3 is 2.59 bits per heavy atom. The van der Waals surface area contributed by atoms with Crippen LogP contribution in [0.2, 0.25) is 0 Å². The van der Waals surface area contributed by atoms with Gasteiger partial charge in [-0.2, -0.15) is 4.72 Å². The fraction of sp³-hybridized carbons (Fsp3) is 0.391. The van der Waals surface area contributed by atoms with Crippen molar-refractivity contribution in [3.8, 4) is 0 Å². The van der Waals surface area contributed by atoms with E-state index >= 15 is 0 Å². The van der Waals surface area contributed by atoms with Gasteiger partial charge in [-0.05, 0) is 43.4 Å². The van der Waals surface area contributed by atoms with Gasteiger partial charge in [0.1, 0.15) is 6.04 Å². The third-order valence-electron chi connectivity index (χ3n) is 5.19. The molecule has 2 aromatic carbocycles. The smallest absolute Gasteiger partial charge is 0.408 e. The van der Waals surface area contributed by atoms with Crippen LogP contribution in [0.5, 0.6) is 0 Å². The topological polar surface area (TPSA) is 110 Å². The van der Waals surface area contributed by atoms with Crippen molar-refractivity contribution in [1.29, 1.82) is 0 Å². The molecule has 0 saturated carbocycles. The van der Waals surface area contributed by atoms with Crippen molar-refractivity contribution in [2.24, 2.45) is 13.0 Å². The van der Waals surface area contributed by atoms with Gasteiger partial charge in [0.05, 0.1) is 10.4 Å². The fourth-order valence-corrected chi connectivity index (χ4v) is 4.76. The lowest BCUT2D eigenvalue weighted by Gasteiger charge is -2.20. The first-order valence-electron chi connectivity index (χ1n) is 10.5. The number of hydrogen-bond donors (Lipinski definition) is 2. The summed E-state index contributed by atoms with van der Waals surface area (Å²) in [6.45, 7) is 6.26. The van der Waals surface area contributed by atoms with E-state index in [9.17, 15) is 18.0 Å². The summed E-state index contributed by atoms with van der Waals surface area (Å²) in [4.78, 5) is 24.4. The standard InChI is InChI=1S/C23H29N3O5S/c1-15(2)12-19(22(27)24-11-10-17-7-5-6-16(3)13-17)25-32(29,30)18-8-9-20-21(14-18)31-23(28)26(20)4/h5-9,13-15,19,25H,10-12H2,1-4H3,(H,24,27)/t19-/m0/s1. The summed E-state index contributed by atoms with van der Waals surface area (Å²) in [7, 11) is -2.47. The SMILES string of the molecule is Cc1cccc(CCNC(=O)[C@H](CC(C)C)NS(=O)(=O)c2ccc3c(c2)oc(=O)n3C)c1. The maximum Gasteiger partial charge on any atom is 0.419 e. The van der Waals surface area contributed by atoms with Gasteiger partial charge in [-0.15, -0.1) is 0 Å². The molecular weight excluding hydrogens is 430 g/mol. The van der Waals surface area contributed by atoms with Gasteiger partial charge < -0.3 is 9.73 Å². The Bertz CT molecular complexity index is 1270. The maximum absolute atomic E-state index is 13.0. The molecule has 0 aliphatic carbocycles. The van der Waals surface area contributed by atoms with Crippen molar-refractivity contribution in [1.82, 2.24) is 14.6 Å². The second kappa shape index (κ2) is 9.70. The van der Waals surface area contributed by atoms with E-state index in [2.05, 4.69) is 16.1 Å². The van der Waals surface area contributed by atoms with Gasteiger partial charge in [0, 0.05) is 19.7 Å². The second-order valence-corrected chi connectivity index (χ2v) is 10.1. The molecule has 0 unspecified atom stereocenters. The molecule has 1 aromatic heterocycles. The number of aryl methyl sites for hydroxylation is 2. The minimum atomic E-state index is -4.01. The average Bonchev–Trinajstić information content (AvgIpc) is 3.00. The van der Waals surface area contributed by atoms with E-state index in [0.717, 1.165) is 11.1 Å². The predicted octanol–water partition coefficient (Wildman–Crippen LogP) is 2.49. The molecule has 2 N–H and O–H groups in total. The lowest BCUT2D eigenvalue weighted by molar-refractivity contribution is -0.123. The molecule has 0 aliphatic heterocycles. The summed E-state index contributed by atoms with van der Waals surface area (Å²) >= 11 is 0. The van der Waals surface area contributed by atoms with Gasteiger partial charge in [0.25, 0.3) is 0 Å². The van der Waals surface area contributed by atoms with Crippen LogP contribution in [0.15, 0.2) is 56.6 Å². The first-order chi connectivity index (χ1) is 15.1. The molecule has 0 aliphatic rings. The van der Waals surface area contributed by atoms with Crippen molar-refractivity contribution in [3.63, 3.8) is 0 Å². The van der Waals surface area contributed by atoms with E-state index in [1.165, 1.54) is 22.8 Å². The molecule has 0 fully saturated rings. The van der Waals surface area contributed by atoms with Crippen molar-refractivity contribution in [2.75, 3.05) is 6.54 Å². The van der Waals surface area contributed by atoms with Gasteiger partial charge in [0.2, 0.25) is 15.9 Å². The zero-order valence-corrected chi connectivity index (χ0v) is 19.5. The van der Waals surface area contributed by atoms with Crippen LogP contribution in [0.4, 0.5) is 0 Å². The average molecular weight is 460 g/mol. The lowest BCUT2D eigenvalue weighted by Crippen LogP contribution is -2.47. The summed E-state index contributed by atoms with van der Waals surface area (Å²) in [6.07, 6.45) is 0.996. The Balaban J connectivity index is 1.73. The summed E-state index contributed by atoms with van der Waals surface area (Å²) in [6, 6.07) is 11.3. The van der Waals surface area contributed by atoms with Gasteiger partial charge in [-0.25, -0.2) is 13.2 Å². The number of hydrogen-bond acceptors (Lipinski definition) is 5. The third kappa shape index (κ3) is 5.66.